The van der Waals surface area contributed by atoms with Crippen molar-refractivity contribution in [2.24, 2.45) is 5.14 Å². The van der Waals surface area contributed by atoms with Crippen LogP contribution in [0.15, 0.2) is 35.4 Å². The van der Waals surface area contributed by atoms with Crippen molar-refractivity contribution in [2.75, 3.05) is 12.8 Å². The predicted molar refractivity (Wildman–Crippen MR) is 70.7 cm³/mol. The molecule has 1 aromatic carbocycles. The summed E-state index contributed by atoms with van der Waals surface area (Å²) in [5, 5.41) is 8.98. The second-order valence-corrected chi connectivity index (χ2v) is 5.47. The topological polar surface area (TPSA) is 130 Å². The van der Waals surface area contributed by atoms with Gasteiger partial charge in [0.25, 0.3) is 0 Å². The molecule has 0 saturated carbocycles. The van der Waals surface area contributed by atoms with Crippen LogP contribution in [0.2, 0.25) is 0 Å². The van der Waals surface area contributed by atoms with Crippen molar-refractivity contribution in [3.63, 3.8) is 0 Å². The minimum atomic E-state index is -3.75. The van der Waals surface area contributed by atoms with Gasteiger partial charge in [0, 0.05) is 0 Å². The van der Waals surface area contributed by atoms with E-state index in [4.69, 9.17) is 10.9 Å². The highest BCUT2D eigenvalue weighted by atomic mass is 32.2. The molecule has 4 N–H and O–H groups in total. The van der Waals surface area contributed by atoms with Crippen LogP contribution >= 0.6 is 0 Å². The number of ether oxygens (including phenoxy) is 1. The minimum Gasteiger partial charge on any atom is -0.464 e. The first-order chi connectivity index (χ1) is 9.32. The Morgan fingerprint density at radius 2 is 1.90 bits per heavy atom. The molecule has 0 saturated heterocycles. The average molecular weight is 296 g/mol. The first-order valence-electron chi connectivity index (χ1n) is 5.39. The maximum Gasteiger partial charge on any atom is 0.360 e. The summed E-state index contributed by atoms with van der Waals surface area (Å²) in [6, 6.07) is 5.65. The van der Waals surface area contributed by atoms with E-state index in [1.54, 1.807) is 0 Å². The van der Waals surface area contributed by atoms with Crippen LogP contribution in [0.25, 0.3) is 5.69 Å². The molecule has 106 valence electrons. The molecule has 0 spiro atoms. The number of carbonyl (C=O) groups excluding carboxylic acids is 1. The van der Waals surface area contributed by atoms with E-state index in [-0.39, 0.29) is 16.3 Å². The zero-order valence-corrected chi connectivity index (χ0v) is 11.3. The smallest absolute Gasteiger partial charge is 0.360 e. The van der Waals surface area contributed by atoms with Crippen LogP contribution in [0, 0.1) is 0 Å². The number of anilines is 1. The third-order valence-electron chi connectivity index (χ3n) is 2.55. The molecule has 8 nitrogen and oxygen atoms in total. The van der Waals surface area contributed by atoms with E-state index in [1.807, 2.05) is 0 Å². The molecule has 0 radical (unpaired) electrons. The van der Waals surface area contributed by atoms with Crippen molar-refractivity contribution in [2.45, 2.75) is 4.90 Å². The molecule has 20 heavy (non-hydrogen) atoms. The number of sulfonamides is 1. The first kappa shape index (κ1) is 14.0. The third-order valence-corrected chi connectivity index (χ3v) is 3.48. The summed E-state index contributed by atoms with van der Waals surface area (Å²) in [6.45, 7) is 0. The van der Waals surface area contributed by atoms with Crippen molar-refractivity contribution in [1.82, 2.24) is 9.78 Å². The molecule has 9 heteroatoms. The molecule has 0 amide bonds. The molecule has 0 bridgehead atoms. The summed E-state index contributed by atoms with van der Waals surface area (Å²) in [5.74, 6) is -0.651. The van der Waals surface area contributed by atoms with Gasteiger partial charge in [-0.25, -0.2) is 23.0 Å². The number of nitrogen functional groups attached to an aromatic ring is 1. The average Bonchev–Trinajstić information content (AvgIpc) is 2.79. The number of hydrogen-bond donors (Lipinski definition) is 2. The van der Waals surface area contributed by atoms with Crippen molar-refractivity contribution >= 4 is 21.7 Å². The zero-order valence-electron chi connectivity index (χ0n) is 10.5. The summed E-state index contributed by atoms with van der Waals surface area (Å²) in [4.78, 5) is 11.4. The Balaban J connectivity index is 2.40. The fourth-order valence-corrected chi connectivity index (χ4v) is 2.08. The molecule has 0 aliphatic carbocycles. The highest BCUT2D eigenvalue weighted by molar-refractivity contribution is 7.89. The van der Waals surface area contributed by atoms with Crippen LogP contribution < -0.4 is 10.9 Å². The van der Waals surface area contributed by atoms with Crippen LogP contribution in [0.5, 0.6) is 0 Å². The lowest BCUT2D eigenvalue weighted by atomic mass is 10.3. The number of rotatable bonds is 3. The maximum absolute atomic E-state index is 11.4. The summed E-state index contributed by atoms with van der Waals surface area (Å²) >= 11 is 0. The largest absolute Gasteiger partial charge is 0.464 e. The van der Waals surface area contributed by atoms with Crippen LogP contribution in [0.4, 0.5) is 5.69 Å². The highest BCUT2D eigenvalue weighted by Crippen LogP contribution is 2.16. The molecule has 0 aliphatic rings. The third kappa shape index (κ3) is 2.63. The van der Waals surface area contributed by atoms with Crippen LogP contribution in [-0.4, -0.2) is 31.3 Å². The Morgan fingerprint density at radius 3 is 2.40 bits per heavy atom. The minimum absolute atomic E-state index is 0.0111. The van der Waals surface area contributed by atoms with E-state index in [9.17, 15) is 13.2 Å². The van der Waals surface area contributed by atoms with E-state index in [1.165, 1.54) is 42.3 Å². The number of nitrogens with zero attached hydrogens (tertiary/aromatic N) is 2. The summed E-state index contributed by atoms with van der Waals surface area (Å²) in [6.07, 6.45) is 1.43. The lowest BCUT2D eigenvalue weighted by molar-refractivity contribution is 0.0594. The normalized spacial score (nSPS) is 11.3. The fourth-order valence-electron chi connectivity index (χ4n) is 1.56. The number of methoxy groups -OCH3 is 1. The van der Waals surface area contributed by atoms with E-state index in [2.05, 4.69) is 9.84 Å². The molecule has 0 atom stereocenters. The Hall–Kier alpha value is -2.39. The molecule has 0 aliphatic heterocycles. The molecule has 0 unspecified atom stereocenters. The van der Waals surface area contributed by atoms with Crippen LogP contribution in [-0.2, 0) is 14.8 Å². The number of nitrogens with two attached hydrogens (primary N) is 2. The van der Waals surface area contributed by atoms with Gasteiger partial charge in [-0.2, -0.15) is 5.10 Å². The van der Waals surface area contributed by atoms with Gasteiger partial charge in [-0.3, -0.25) is 0 Å². The van der Waals surface area contributed by atoms with Gasteiger partial charge >= 0.3 is 5.97 Å². The van der Waals surface area contributed by atoms with Gasteiger partial charge in [0.2, 0.25) is 10.0 Å². The quantitative estimate of drug-likeness (QED) is 0.760. The number of hydrogen-bond acceptors (Lipinski definition) is 6. The van der Waals surface area contributed by atoms with Crippen LogP contribution in [0.1, 0.15) is 10.5 Å². The van der Waals surface area contributed by atoms with E-state index in [0.717, 1.165) is 0 Å². The fraction of sp³-hybridized carbons (Fsp3) is 0.0909. The summed E-state index contributed by atoms with van der Waals surface area (Å²) in [7, 11) is -2.53. The Morgan fingerprint density at radius 1 is 1.30 bits per heavy atom. The zero-order chi connectivity index (χ0) is 14.9. The molecular formula is C11H12N4O4S. The molecule has 2 rings (SSSR count). The van der Waals surface area contributed by atoms with Crippen molar-refractivity contribution < 1.29 is 17.9 Å². The number of carbonyl (C=O) groups is 1. The number of benzene rings is 1. The summed E-state index contributed by atoms with van der Waals surface area (Å²) < 4.78 is 28.2. The predicted octanol–water partition coefficient (Wildman–Crippen LogP) is -0.112. The number of aromatic nitrogens is 2. The second kappa shape index (κ2) is 4.94. The van der Waals surface area contributed by atoms with Gasteiger partial charge in [0.1, 0.15) is 0 Å². The molecule has 2 aromatic rings. The molecule has 1 aromatic heterocycles. The van der Waals surface area contributed by atoms with Crippen LogP contribution in [0.3, 0.4) is 0 Å². The Kier molecular flexibility index (Phi) is 3.47. The van der Waals surface area contributed by atoms with Crippen molar-refractivity contribution in [3.05, 3.63) is 36.2 Å². The van der Waals surface area contributed by atoms with Gasteiger partial charge < -0.3 is 10.5 Å². The number of primary sulfonamides is 1. The monoisotopic (exact) mass is 296 g/mol. The first-order valence-corrected chi connectivity index (χ1v) is 6.94. The molecular weight excluding hydrogens is 284 g/mol. The standard InChI is InChI=1S/C11H12N4O4S/c1-19-11(16)10-9(12)6-15(14-10)7-2-4-8(5-3-7)20(13,17)18/h2-6H,12H2,1H3,(H2,13,17,18). The van der Waals surface area contributed by atoms with Crippen molar-refractivity contribution in [3.8, 4) is 5.69 Å². The second-order valence-electron chi connectivity index (χ2n) is 3.91. The Bertz CT molecular complexity index is 749. The SMILES string of the molecule is COC(=O)c1nn(-c2ccc(S(N)(=O)=O)cc2)cc1N. The Labute approximate surface area is 115 Å². The van der Waals surface area contributed by atoms with E-state index in [0.29, 0.717) is 5.69 Å². The lowest BCUT2D eigenvalue weighted by Crippen LogP contribution is -2.12. The van der Waals surface area contributed by atoms with Gasteiger partial charge in [0.05, 0.1) is 29.6 Å². The van der Waals surface area contributed by atoms with E-state index >= 15 is 0 Å². The van der Waals surface area contributed by atoms with Crippen molar-refractivity contribution in [1.29, 1.82) is 0 Å². The summed E-state index contributed by atoms with van der Waals surface area (Å²) in [5.41, 5.74) is 6.33. The van der Waals surface area contributed by atoms with Gasteiger partial charge in [-0.15, -0.1) is 0 Å². The lowest BCUT2D eigenvalue weighted by Gasteiger charge is -2.02. The maximum atomic E-state index is 11.4. The van der Waals surface area contributed by atoms with Gasteiger partial charge in [-0.1, -0.05) is 0 Å². The van der Waals surface area contributed by atoms with Gasteiger partial charge in [-0.05, 0) is 24.3 Å². The van der Waals surface area contributed by atoms with E-state index < -0.39 is 16.0 Å². The number of esters is 1. The molecule has 0 fully saturated rings. The highest BCUT2D eigenvalue weighted by Gasteiger charge is 2.16. The van der Waals surface area contributed by atoms with Gasteiger partial charge in [0.15, 0.2) is 5.69 Å². The molecule has 1 heterocycles.